The molecule has 1 heterocycles. The Morgan fingerprint density at radius 1 is 1.47 bits per heavy atom. The van der Waals surface area contributed by atoms with E-state index < -0.39 is 11.8 Å². The van der Waals surface area contributed by atoms with E-state index in [1.165, 1.54) is 4.90 Å². The number of likely N-dealkylation sites (tertiary alicyclic amines) is 1. The highest BCUT2D eigenvalue weighted by Crippen LogP contribution is 2.16. The Labute approximate surface area is 101 Å². The van der Waals surface area contributed by atoms with E-state index in [1.54, 1.807) is 0 Å². The fraction of sp³-hybridized carbons (Fsp3) is 0.727. The average molecular weight is 241 g/mol. The number of hydrogen-bond acceptors (Lipinski definition) is 3. The van der Waals surface area contributed by atoms with Crippen molar-refractivity contribution < 1.29 is 14.4 Å². The number of rotatable bonds is 3. The lowest BCUT2D eigenvalue weighted by atomic mass is 10.1. The molecule has 6 heteroatoms. The fourth-order valence-electron chi connectivity index (χ4n) is 1.75. The summed E-state index contributed by atoms with van der Waals surface area (Å²) >= 11 is 0. The van der Waals surface area contributed by atoms with Gasteiger partial charge >= 0.3 is 0 Å². The number of hydrogen-bond donors (Lipinski definition) is 2. The molecule has 0 aliphatic carbocycles. The molecule has 1 unspecified atom stereocenters. The monoisotopic (exact) mass is 241 g/mol. The van der Waals surface area contributed by atoms with Gasteiger partial charge in [0.2, 0.25) is 17.7 Å². The van der Waals surface area contributed by atoms with Crippen molar-refractivity contribution in [1.29, 1.82) is 0 Å². The highest BCUT2D eigenvalue weighted by molar-refractivity contribution is 5.91. The first-order valence-corrected chi connectivity index (χ1v) is 5.57. The quantitative estimate of drug-likeness (QED) is 0.680. The third kappa shape index (κ3) is 4.05. The normalized spacial score (nSPS) is 20.5. The summed E-state index contributed by atoms with van der Waals surface area (Å²) in [7, 11) is 0. The molecule has 1 atom stereocenters. The largest absolute Gasteiger partial charge is 0.369 e. The van der Waals surface area contributed by atoms with Crippen LogP contribution in [0.1, 0.15) is 27.2 Å². The van der Waals surface area contributed by atoms with Gasteiger partial charge in [0.05, 0.1) is 12.5 Å². The molecule has 1 saturated heterocycles. The Morgan fingerprint density at radius 3 is 2.47 bits per heavy atom. The Morgan fingerprint density at radius 2 is 2.06 bits per heavy atom. The SMILES string of the molecule is CC(C)(C)NC(=O)CN1CC(C(N)=O)CC1=O. The van der Waals surface area contributed by atoms with Gasteiger partial charge in [-0.2, -0.15) is 0 Å². The predicted octanol–water partition coefficient (Wildman–Crippen LogP) is -0.765. The molecule has 0 aromatic heterocycles. The van der Waals surface area contributed by atoms with E-state index in [1.807, 2.05) is 20.8 Å². The zero-order valence-electron chi connectivity index (χ0n) is 10.4. The van der Waals surface area contributed by atoms with Gasteiger partial charge in [0.25, 0.3) is 0 Å². The minimum Gasteiger partial charge on any atom is -0.369 e. The molecule has 1 fully saturated rings. The summed E-state index contributed by atoms with van der Waals surface area (Å²) in [5.41, 5.74) is 4.81. The molecule has 3 N–H and O–H groups in total. The highest BCUT2D eigenvalue weighted by Gasteiger charge is 2.34. The summed E-state index contributed by atoms with van der Waals surface area (Å²) in [6.07, 6.45) is 0.109. The van der Waals surface area contributed by atoms with Crippen molar-refractivity contribution in [3.8, 4) is 0 Å². The van der Waals surface area contributed by atoms with Crippen LogP contribution in [-0.2, 0) is 14.4 Å². The topological polar surface area (TPSA) is 92.5 Å². The van der Waals surface area contributed by atoms with E-state index >= 15 is 0 Å². The lowest BCUT2D eigenvalue weighted by molar-refractivity contribution is -0.133. The number of nitrogens with one attached hydrogen (secondary N) is 1. The standard InChI is InChI=1S/C11H19N3O3/c1-11(2,3)13-8(15)6-14-5-7(10(12)17)4-9(14)16/h7H,4-6H2,1-3H3,(H2,12,17)(H,13,15). The molecule has 6 nitrogen and oxygen atoms in total. The van der Waals surface area contributed by atoms with Gasteiger partial charge in [0.15, 0.2) is 0 Å². The smallest absolute Gasteiger partial charge is 0.240 e. The Balaban J connectivity index is 2.50. The lowest BCUT2D eigenvalue weighted by Crippen LogP contribution is -2.46. The molecule has 1 aliphatic heterocycles. The second-order valence-electron chi connectivity index (χ2n) is 5.38. The maximum absolute atomic E-state index is 11.6. The van der Waals surface area contributed by atoms with Crippen LogP contribution in [-0.4, -0.2) is 41.2 Å². The van der Waals surface area contributed by atoms with E-state index in [2.05, 4.69) is 5.32 Å². The van der Waals surface area contributed by atoms with Crippen LogP contribution < -0.4 is 11.1 Å². The number of carbonyl (C=O) groups is 3. The van der Waals surface area contributed by atoms with Crippen LogP contribution >= 0.6 is 0 Å². The maximum atomic E-state index is 11.6. The van der Waals surface area contributed by atoms with Crippen LogP contribution in [0.15, 0.2) is 0 Å². The van der Waals surface area contributed by atoms with Crippen LogP contribution in [0.2, 0.25) is 0 Å². The summed E-state index contributed by atoms with van der Waals surface area (Å²) in [6, 6.07) is 0. The van der Waals surface area contributed by atoms with Crippen LogP contribution in [0.4, 0.5) is 0 Å². The van der Waals surface area contributed by atoms with Crippen molar-refractivity contribution in [2.24, 2.45) is 11.7 Å². The van der Waals surface area contributed by atoms with E-state index in [0.717, 1.165) is 0 Å². The van der Waals surface area contributed by atoms with Crippen LogP contribution in [0, 0.1) is 5.92 Å². The van der Waals surface area contributed by atoms with Gasteiger partial charge in [-0.05, 0) is 20.8 Å². The van der Waals surface area contributed by atoms with E-state index in [4.69, 9.17) is 5.73 Å². The molecule has 1 aliphatic rings. The van der Waals surface area contributed by atoms with Crippen molar-refractivity contribution in [3.05, 3.63) is 0 Å². The van der Waals surface area contributed by atoms with Gasteiger partial charge < -0.3 is 16.0 Å². The van der Waals surface area contributed by atoms with Crippen molar-refractivity contribution in [1.82, 2.24) is 10.2 Å². The van der Waals surface area contributed by atoms with Crippen molar-refractivity contribution >= 4 is 17.7 Å². The van der Waals surface area contributed by atoms with E-state index in [0.29, 0.717) is 0 Å². The van der Waals surface area contributed by atoms with Gasteiger partial charge in [0.1, 0.15) is 0 Å². The molecule has 0 saturated carbocycles. The summed E-state index contributed by atoms with van der Waals surface area (Å²) < 4.78 is 0. The third-order valence-electron chi connectivity index (χ3n) is 2.47. The van der Waals surface area contributed by atoms with Gasteiger partial charge in [-0.25, -0.2) is 0 Å². The van der Waals surface area contributed by atoms with Crippen molar-refractivity contribution in [3.63, 3.8) is 0 Å². The van der Waals surface area contributed by atoms with Crippen LogP contribution in [0.5, 0.6) is 0 Å². The third-order valence-corrected chi connectivity index (χ3v) is 2.47. The molecule has 0 aromatic rings. The summed E-state index contributed by atoms with van der Waals surface area (Å²) in [6.45, 7) is 5.82. The molecule has 3 amide bonds. The van der Waals surface area contributed by atoms with Crippen LogP contribution in [0.3, 0.4) is 0 Å². The van der Waals surface area contributed by atoms with Gasteiger partial charge in [-0.1, -0.05) is 0 Å². The predicted molar refractivity (Wildman–Crippen MR) is 61.8 cm³/mol. The molecule has 0 radical (unpaired) electrons. The first-order chi connectivity index (χ1) is 7.69. The second-order valence-corrected chi connectivity index (χ2v) is 5.38. The Kier molecular flexibility index (Phi) is 3.75. The first kappa shape index (κ1) is 13.5. The molecule has 0 aromatic carbocycles. The summed E-state index contributed by atoms with van der Waals surface area (Å²) in [5, 5.41) is 2.76. The van der Waals surface area contributed by atoms with Gasteiger partial charge in [-0.3, -0.25) is 14.4 Å². The zero-order valence-corrected chi connectivity index (χ0v) is 10.4. The maximum Gasteiger partial charge on any atom is 0.240 e. The summed E-state index contributed by atoms with van der Waals surface area (Å²) in [4.78, 5) is 35.5. The number of carbonyl (C=O) groups excluding carboxylic acids is 3. The molecule has 0 spiro atoms. The zero-order chi connectivity index (χ0) is 13.2. The first-order valence-electron chi connectivity index (χ1n) is 5.57. The van der Waals surface area contributed by atoms with Crippen LogP contribution in [0.25, 0.3) is 0 Å². The second kappa shape index (κ2) is 4.73. The fourth-order valence-corrected chi connectivity index (χ4v) is 1.75. The molecule has 96 valence electrons. The summed E-state index contributed by atoms with van der Waals surface area (Å²) in [5.74, 6) is -1.38. The Hall–Kier alpha value is -1.59. The van der Waals surface area contributed by atoms with Gasteiger partial charge in [0, 0.05) is 18.5 Å². The molecule has 17 heavy (non-hydrogen) atoms. The number of nitrogens with two attached hydrogens (primary N) is 1. The minimum atomic E-state index is -0.489. The average Bonchev–Trinajstić information content (AvgIpc) is 2.44. The lowest BCUT2D eigenvalue weighted by Gasteiger charge is -2.23. The minimum absolute atomic E-state index is 0.0140. The van der Waals surface area contributed by atoms with Gasteiger partial charge in [-0.15, -0.1) is 0 Å². The number of amides is 3. The Bertz CT molecular complexity index is 346. The number of nitrogens with zero attached hydrogens (tertiary/aromatic N) is 1. The molecule has 0 bridgehead atoms. The molecular formula is C11H19N3O3. The highest BCUT2D eigenvalue weighted by atomic mass is 16.2. The molecular weight excluding hydrogens is 222 g/mol. The van der Waals surface area contributed by atoms with Crippen molar-refractivity contribution in [2.75, 3.05) is 13.1 Å². The van der Waals surface area contributed by atoms with Crippen molar-refractivity contribution in [2.45, 2.75) is 32.7 Å². The number of primary amides is 1. The van der Waals surface area contributed by atoms with E-state index in [-0.39, 0.29) is 36.9 Å². The van der Waals surface area contributed by atoms with E-state index in [9.17, 15) is 14.4 Å². The molecule has 1 rings (SSSR count).